The first-order valence-corrected chi connectivity index (χ1v) is 22.7. The summed E-state index contributed by atoms with van der Waals surface area (Å²) < 4.78 is 4.78. The van der Waals surface area contributed by atoms with Gasteiger partial charge in [0.1, 0.15) is 5.75 Å². The minimum Gasteiger partial charge on any atom is -0.505 e. The van der Waals surface area contributed by atoms with Crippen molar-refractivity contribution in [1.29, 1.82) is 0 Å². The number of aromatic nitrogens is 2. The molecule has 5 heteroatoms. The summed E-state index contributed by atoms with van der Waals surface area (Å²) in [5.41, 5.74) is 21.0. The van der Waals surface area contributed by atoms with Crippen LogP contribution in [0.1, 0.15) is 0 Å². The van der Waals surface area contributed by atoms with E-state index in [9.17, 15) is 5.11 Å². The molecule has 0 aliphatic rings. The first-order valence-electron chi connectivity index (χ1n) is 22.7. The summed E-state index contributed by atoms with van der Waals surface area (Å²) in [5.74, 6) is 0.102. The van der Waals surface area contributed by atoms with Crippen molar-refractivity contribution < 1.29 is 5.11 Å². The Hall–Kier alpha value is -9.06. The third-order valence-electron chi connectivity index (χ3n) is 13.5. The number of rotatable bonds is 7. The van der Waals surface area contributed by atoms with Gasteiger partial charge in [0.25, 0.3) is 0 Å². The van der Waals surface area contributed by atoms with E-state index in [1.54, 1.807) is 6.07 Å². The number of fused-ring (bicyclic) bond motifs is 9. The number of benzene rings is 11. The Labute approximate surface area is 387 Å². The van der Waals surface area contributed by atoms with Crippen LogP contribution in [0.4, 0.5) is 22.7 Å². The second-order valence-corrected chi connectivity index (χ2v) is 17.3. The second kappa shape index (κ2) is 15.3. The SMILES string of the molecule is Nc1ccc2c(ccc3ccc(N(c4ccc(-c5ccccc5)cc4)c4cc(-c5ccc6c(c5)c5ccccc5n6-c5ccccc5)cc5c4c4ccccc4n5-c4ccccc4)cc32)c1O. The van der Waals surface area contributed by atoms with Gasteiger partial charge in [-0.25, -0.2) is 0 Å². The summed E-state index contributed by atoms with van der Waals surface area (Å²) in [6.45, 7) is 0. The van der Waals surface area contributed by atoms with Crippen molar-refractivity contribution in [3.8, 4) is 39.4 Å². The standard InChI is InChI=1S/C62H42N4O/c63-55-34-33-49-51(62(55)67)32-27-42-26-31-48(39-53(42)49)64(47-29-24-41(25-30-47)40-14-4-1-5-15-40)59-37-44(38-60-61(59)52-21-11-13-23-57(52)66(60)46-18-8-3-9-19-46)43-28-35-58-54(36-43)50-20-10-12-22-56(50)65(58)45-16-6-2-7-17-45/h1-39,67H,63H2. The first kappa shape index (κ1) is 38.4. The molecule has 2 aromatic heterocycles. The second-order valence-electron chi connectivity index (χ2n) is 17.3. The van der Waals surface area contributed by atoms with Crippen LogP contribution < -0.4 is 10.6 Å². The van der Waals surface area contributed by atoms with Crippen molar-refractivity contribution in [1.82, 2.24) is 9.13 Å². The van der Waals surface area contributed by atoms with Gasteiger partial charge in [0.05, 0.1) is 33.4 Å². The number of para-hydroxylation sites is 4. The van der Waals surface area contributed by atoms with Crippen LogP contribution in [0.25, 0.3) is 98.8 Å². The fourth-order valence-corrected chi connectivity index (χ4v) is 10.4. The molecule has 0 bridgehead atoms. The van der Waals surface area contributed by atoms with Crippen molar-refractivity contribution >= 4 is 87.9 Å². The van der Waals surface area contributed by atoms with Gasteiger partial charge in [-0.3, -0.25) is 0 Å². The summed E-state index contributed by atoms with van der Waals surface area (Å²) in [6.07, 6.45) is 0. The van der Waals surface area contributed by atoms with Gasteiger partial charge in [-0.15, -0.1) is 0 Å². The van der Waals surface area contributed by atoms with Gasteiger partial charge in [0.2, 0.25) is 0 Å². The molecule has 316 valence electrons. The molecule has 2 heterocycles. The van der Waals surface area contributed by atoms with Gasteiger partial charge in [0, 0.05) is 49.7 Å². The van der Waals surface area contributed by atoms with Crippen molar-refractivity contribution in [2.45, 2.75) is 0 Å². The third kappa shape index (κ3) is 6.17. The zero-order valence-corrected chi connectivity index (χ0v) is 36.4. The van der Waals surface area contributed by atoms with E-state index in [-0.39, 0.29) is 5.75 Å². The van der Waals surface area contributed by atoms with Crippen LogP contribution in [-0.2, 0) is 0 Å². The van der Waals surface area contributed by atoms with E-state index >= 15 is 0 Å². The van der Waals surface area contributed by atoms with E-state index in [1.807, 2.05) is 12.1 Å². The smallest absolute Gasteiger partial charge is 0.146 e. The Bertz CT molecular complexity index is 4040. The zero-order valence-electron chi connectivity index (χ0n) is 36.4. The molecule has 13 rings (SSSR count). The molecule has 0 aliphatic carbocycles. The molecule has 5 nitrogen and oxygen atoms in total. The maximum atomic E-state index is 11.2. The summed E-state index contributed by atoms with van der Waals surface area (Å²) >= 11 is 0. The molecule has 0 radical (unpaired) electrons. The molecule has 0 aliphatic heterocycles. The van der Waals surface area contributed by atoms with Crippen molar-refractivity contribution in [2.24, 2.45) is 0 Å². The largest absolute Gasteiger partial charge is 0.505 e. The maximum Gasteiger partial charge on any atom is 0.146 e. The molecule has 0 saturated heterocycles. The molecular weight excluding hydrogens is 817 g/mol. The Morgan fingerprint density at radius 1 is 0.343 bits per heavy atom. The van der Waals surface area contributed by atoms with Crippen molar-refractivity contribution in [3.05, 3.63) is 237 Å². The zero-order chi connectivity index (χ0) is 44.6. The van der Waals surface area contributed by atoms with Crippen LogP contribution in [0.3, 0.4) is 0 Å². The summed E-state index contributed by atoms with van der Waals surface area (Å²) in [6, 6.07) is 84.5. The first-order chi connectivity index (χ1) is 33.1. The molecule has 0 unspecified atom stereocenters. The minimum atomic E-state index is 0.102. The highest BCUT2D eigenvalue weighted by Crippen LogP contribution is 2.48. The molecule has 3 N–H and O–H groups in total. The molecule has 0 fully saturated rings. The molecule has 0 amide bonds. The summed E-state index contributed by atoms with van der Waals surface area (Å²) in [4.78, 5) is 2.41. The predicted molar refractivity (Wildman–Crippen MR) is 282 cm³/mol. The highest BCUT2D eigenvalue weighted by molar-refractivity contribution is 6.19. The lowest BCUT2D eigenvalue weighted by molar-refractivity contribution is 0.484. The number of nitrogens with zero attached hydrogens (tertiary/aromatic N) is 3. The lowest BCUT2D eigenvalue weighted by atomic mass is 9.97. The fraction of sp³-hybridized carbons (Fsp3) is 0. The number of hydrogen-bond acceptors (Lipinski definition) is 3. The van der Waals surface area contributed by atoms with Crippen LogP contribution in [0, 0.1) is 0 Å². The molecule has 0 saturated carbocycles. The van der Waals surface area contributed by atoms with Gasteiger partial charge in [-0.2, -0.15) is 0 Å². The van der Waals surface area contributed by atoms with E-state index in [0.717, 1.165) is 99.6 Å². The Morgan fingerprint density at radius 3 is 1.63 bits per heavy atom. The number of aromatic hydroxyl groups is 1. The normalized spacial score (nSPS) is 11.7. The number of nitrogens with two attached hydrogens (primary N) is 1. The van der Waals surface area contributed by atoms with E-state index in [2.05, 4.69) is 232 Å². The number of nitrogen functional groups attached to an aromatic ring is 1. The van der Waals surface area contributed by atoms with E-state index in [1.165, 1.54) is 16.3 Å². The average molecular weight is 859 g/mol. The number of phenolic OH excluding ortho intramolecular Hbond substituents is 1. The van der Waals surface area contributed by atoms with Crippen molar-refractivity contribution in [3.63, 3.8) is 0 Å². The van der Waals surface area contributed by atoms with Gasteiger partial charge < -0.3 is 24.9 Å². The van der Waals surface area contributed by atoms with Gasteiger partial charge in [-0.05, 0) is 135 Å². The van der Waals surface area contributed by atoms with Crippen LogP contribution in [0.2, 0.25) is 0 Å². The Balaban J connectivity index is 1.13. The minimum absolute atomic E-state index is 0.102. The summed E-state index contributed by atoms with van der Waals surface area (Å²) in [7, 11) is 0. The van der Waals surface area contributed by atoms with Crippen LogP contribution in [-0.4, -0.2) is 14.2 Å². The highest BCUT2D eigenvalue weighted by atomic mass is 16.3. The third-order valence-corrected chi connectivity index (χ3v) is 13.5. The number of phenols is 1. The van der Waals surface area contributed by atoms with E-state index < -0.39 is 0 Å². The average Bonchev–Trinajstić information content (AvgIpc) is 3.91. The van der Waals surface area contributed by atoms with Crippen LogP contribution >= 0.6 is 0 Å². The predicted octanol–water partition coefficient (Wildman–Crippen LogP) is 16.3. The number of anilines is 4. The molecule has 67 heavy (non-hydrogen) atoms. The van der Waals surface area contributed by atoms with Crippen LogP contribution in [0.15, 0.2) is 237 Å². The van der Waals surface area contributed by atoms with Crippen molar-refractivity contribution in [2.75, 3.05) is 10.6 Å². The van der Waals surface area contributed by atoms with Crippen LogP contribution in [0.5, 0.6) is 5.75 Å². The molecular formula is C62H42N4O. The fourth-order valence-electron chi connectivity index (χ4n) is 10.4. The molecule has 11 aromatic carbocycles. The quantitative estimate of drug-likeness (QED) is 0.0953. The van der Waals surface area contributed by atoms with Gasteiger partial charge >= 0.3 is 0 Å². The lowest BCUT2D eigenvalue weighted by Gasteiger charge is -2.28. The molecule has 13 aromatic rings. The lowest BCUT2D eigenvalue weighted by Crippen LogP contribution is -2.11. The topological polar surface area (TPSA) is 59.3 Å². The molecule has 0 atom stereocenters. The summed E-state index contributed by atoms with van der Waals surface area (Å²) in [5, 5.41) is 19.6. The highest BCUT2D eigenvalue weighted by Gasteiger charge is 2.24. The number of hydrogen-bond donors (Lipinski definition) is 2. The van der Waals surface area contributed by atoms with Gasteiger partial charge in [-0.1, -0.05) is 140 Å². The van der Waals surface area contributed by atoms with E-state index in [4.69, 9.17) is 5.73 Å². The Morgan fingerprint density at radius 2 is 0.896 bits per heavy atom. The maximum absolute atomic E-state index is 11.2. The molecule has 0 spiro atoms. The van der Waals surface area contributed by atoms with E-state index in [0.29, 0.717) is 5.69 Å². The van der Waals surface area contributed by atoms with Gasteiger partial charge in [0.15, 0.2) is 0 Å². The Kier molecular flexibility index (Phi) is 8.77. The monoisotopic (exact) mass is 858 g/mol.